The van der Waals surface area contributed by atoms with E-state index in [9.17, 15) is 13.2 Å². The van der Waals surface area contributed by atoms with Gasteiger partial charge in [-0.1, -0.05) is 0 Å². The number of anilines is 1. The molecule has 126 valence electrons. The number of rotatable bonds is 3. The lowest BCUT2D eigenvalue weighted by molar-refractivity contribution is -0.144. The van der Waals surface area contributed by atoms with E-state index in [2.05, 4.69) is 15.1 Å². The molecule has 0 saturated carbocycles. The van der Waals surface area contributed by atoms with Crippen molar-refractivity contribution in [2.45, 2.75) is 38.5 Å². The van der Waals surface area contributed by atoms with Gasteiger partial charge >= 0.3 is 6.18 Å². The van der Waals surface area contributed by atoms with Crippen molar-refractivity contribution < 1.29 is 17.9 Å². The summed E-state index contributed by atoms with van der Waals surface area (Å²) in [5, 5.41) is 3.57. The highest BCUT2D eigenvalue weighted by atomic mass is 19.4. The number of alkyl halides is 3. The summed E-state index contributed by atoms with van der Waals surface area (Å²) >= 11 is 0. The van der Waals surface area contributed by atoms with Crippen LogP contribution in [0.3, 0.4) is 0 Å². The second-order valence-electron chi connectivity index (χ2n) is 5.77. The van der Waals surface area contributed by atoms with Crippen LogP contribution in [0, 0.1) is 6.92 Å². The monoisotopic (exact) mass is 329 g/mol. The Kier molecular flexibility index (Phi) is 4.13. The van der Waals surface area contributed by atoms with Crippen LogP contribution in [0.4, 0.5) is 19.0 Å². The Morgan fingerprint density at radius 1 is 1.35 bits per heavy atom. The first-order valence-corrected chi connectivity index (χ1v) is 7.49. The predicted molar refractivity (Wildman–Crippen MR) is 77.4 cm³/mol. The van der Waals surface area contributed by atoms with Gasteiger partial charge in [-0.15, -0.1) is 5.10 Å². The van der Waals surface area contributed by atoms with Crippen LogP contribution in [0.1, 0.15) is 30.8 Å². The number of aryl methyl sites for hydroxylation is 1. The second kappa shape index (κ2) is 5.95. The van der Waals surface area contributed by atoms with E-state index < -0.39 is 12.0 Å². The molecule has 0 N–H and O–H groups in total. The molecule has 3 rings (SSSR count). The molecule has 1 aliphatic rings. The molecule has 0 aliphatic carbocycles. The molecule has 1 saturated heterocycles. The fraction of sp³-hybridized carbons (Fsp3) is 0.643. The molecule has 23 heavy (non-hydrogen) atoms. The summed E-state index contributed by atoms with van der Waals surface area (Å²) in [7, 11) is 1.81. The summed E-state index contributed by atoms with van der Waals surface area (Å²) in [5.74, 6) is -0.715. The number of halogens is 3. The Bertz CT molecular complexity index is 694. The summed E-state index contributed by atoms with van der Waals surface area (Å²) in [4.78, 5) is 9.36. The Hall–Kier alpha value is -1.90. The molecular formula is C14H18F3N5O. The van der Waals surface area contributed by atoms with Crippen molar-refractivity contribution >= 4 is 11.6 Å². The van der Waals surface area contributed by atoms with Crippen LogP contribution in [0.15, 0.2) is 6.07 Å². The van der Waals surface area contributed by atoms with E-state index in [1.165, 1.54) is 0 Å². The molecule has 0 spiro atoms. The number of aromatic nitrogens is 4. The van der Waals surface area contributed by atoms with E-state index in [0.717, 1.165) is 30.4 Å². The lowest BCUT2D eigenvalue weighted by Crippen LogP contribution is -2.34. The zero-order valence-electron chi connectivity index (χ0n) is 13.0. The Balaban J connectivity index is 1.93. The normalized spacial score (nSPS) is 19.3. The van der Waals surface area contributed by atoms with Gasteiger partial charge < -0.3 is 9.64 Å². The molecule has 1 fully saturated rings. The highest BCUT2D eigenvalue weighted by Gasteiger charge is 2.37. The van der Waals surface area contributed by atoms with Crippen LogP contribution < -0.4 is 4.90 Å². The smallest absolute Gasteiger partial charge is 0.376 e. The minimum Gasteiger partial charge on any atom is -0.376 e. The zero-order valence-corrected chi connectivity index (χ0v) is 13.0. The first kappa shape index (κ1) is 16.0. The maximum Gasteiger partial charge on any atom is 0.453 e. The Labute approximate surface area is 131 Å². The first-order chi connectivity index (χ1) is 10.8. The van der Waals surface area contributed by atoms with Gasteiger partial charge in [-0.05, 0) is 26.2 Å². The van der Waals surface area contributed by atoms with E-state index in [4.69, 9.17) is 4.74 Å². The van der Waals surface area contributed by atoms with E-state index in [1.807, 2.05) is 4.90 Å². The first-order valence-electron chi connectivity index (χ1n) is 7.49. The molecule has 3 heterocycles. The third-order valence-corrected chi connectivity index (χ3v) is 3.82. The van der Waals surface area contributed by atoms with Crippen molar-refractivity contribution in [1.82, 2.24) is 19.6 Å². The predicted octanol–water partition coefficient (Wildman–Crippen LogP) is 2.46. The lowest BCUT2D eigenvalue weighted by atomic mass is 10.1. The van der Waals surface area contributed by atoms with Crippen LogP contribution in [-0.2, 0) is 10.9 Å². The molecule has 6 nitrogen and oxygen atoms in total. The van der Waals surface area contributed by atoms with Crippen molar-refractivity contribution in [3.8, 4) is 0 Å². The van der Waals surface area contributed by atoms with Gasteiger partial charge in [0.15, 0.2) is 0 Å². The van der Waals surface area contributed by atoms with Crippen molar-refractivity contribution in [3.63, 3.8) is 0 Å². The van der Waals surface area contributed by atoms with Gasteiger partial charge in [-0.3, -0.25) is 0 Å². The summed E-state index contributed by atoms with van der Waals surface area (Å²) in [6, 6.07) is 1.70. The summed E-state index contributed by atoms with van der Waals surface area (Å²) < 4.78 is 45.3. The highest BCUT2D eigenvalue weighted by molar-refractivity contribution is 5.47. The fourth-order valence-electron chi connectivity index (χ4n) is 2.71. The number of hydrogen-bond acceptors (Lipinski definition) is 5. The minimum atomic E-state index is -4.59. The van der Waals surface area contributed by atoms with E-state index in [0.29, 0.717) is 18.1 Å². The molecule has 1 unspecified atom stereocenters. The van der Waals surface area contributed by atoms with Gasteiger partial charge in [-0.25, -0.2) is 4.98 Å². The number of nitrogens with zero attached hydrogens (tertiary/aromatic N) is 5. The van der Waals surface area contributed by atoms with E-state index in [1.54, 1.807) is 20.0 Å². The van der Waals surface area contributed by atoms with Gasteiger partial charge in [0.25, 0.3) is 11.6 Å². The van der Waals surface area contributed by atoms with Crippen molar-refractivity contribution in [2.75, 3.05) is 25.1 Å². The molecule has 2 aromatic heterocycles. The molecular weight excluding hydrogens is 311 g/mol. The van der Waals surface area contributed by atoms with Gasteiger partial charge in [0.05, 0.1) is 6.10 Å². The Morgan fingerprint density at radius 2 is 2.13 bits per heavy atom. The van der Waals surface area contributed by atoms with Gasteiger partial charge in [0.1, 0.15) is 5.82 Å². The number of fused-ring (bicyclic) bond motifs is 1. The fourth-order valence-corrected chi connectivity index (χ4v) is 2.71. The summed E-state index contributed by atoms with van der Waals surface area (Å²) in [5.41, 5.74) is 0.588. The van der Waals surface area contributed by atoms with Crippen LogP contribution >= 0.6 is 0 Å². The molecule has 2 aromatic rings. The van der Waals surface area contributed by atoms with Crippen molar-refractivity contribution in [2.24, 2.45) is 0 Å². The minimum absolute atomic E-state index is 0.0521. The van der Waals surface area contributed by atoms with Crippen molar-refractivity contribution in [1.29, 1.82) is 0 Å². The average molecular weight is 329 g/mol. The maximum absolute atomic E-state index is 12.8. The molecule has 0 aromatic carbocycles. The SMILES string of the molecule is Cc1cc(N(C)CC2CCCCO2)n2nc(C(F)(F)F)nc2n1. The molecule has 1 aliphatic heterocycles. The molecule has 1 atom stereocenters. The molecule has 0 amide bonds. The lowest BCUT2D eigenvalue weighted by Gasteiger charge is -2.28. The van der Waals surface area contributed by atoms with Gasteiger partial charge in [0.2, 0.25) is 0 Å². The maximum atomic E-state index is 12.8. The average Bonchev–Trinajstić information content (AvgIpc) is 2.91. The topological polar surface area (TPSA) is 55.6 Å². The van der Waals surface area contributed by atoms with E-state index in [-0.39, 0.29) is 11.9 Å². The number of hydrogen-bond donors (Lipinski definition) is 0. The van der Waals surface area contributed by atoms with Crippen LogP contribution in [0.5, 0.6) is 0 Å². The Morgan fingerprint density at radius 3 is 2.78 bits per heavy atom. The third kappa shape index (κ3) is 3.39. The second-order valence-corrected chi connectivity index (χ2v) is 5.77. The number of likely N-dealkylation sites (N-methyl/N-ethyl adjacent to an activating group) is 1. The van der Waals surface area contributed by atoms with Crippen LogP contribution in [0.2, 0.25) is 0 Å². The standard InChI is InChI=1S/C14H18F3N5O/c1-9-7-11(21(2)8-10-5-3-4-6-23-10)22-13(18-9)19-12(20-22)14(15,16)17/h7,10H,3-6,8H2,1-2H3. The zero-order chi connectivity index (χ0) is 16.6. The number of ether oxygens (including phenoxy) is 1. The largest absolute Gasteiger partial charge is 0.453 e. The molecule has 9 heteroatoms. The summed E-state index contributed by atoms with van der Waals surface area (Å²) in [6.07, 6.45) is -1.42. The highest BCUT2D eigenvalue weighted by Crippen LogP contribution is 2.27. The quantitative estimate of drug-likeness (QED) is 0.866. The molecule has 0 bridgehead atoms. The third-order valence-electron chi connectivity index (χ3n) is 3.82. The van der Waals surface area contributed by atoms with E-state index >= 15 is 0 Å². The van der Waals surface area contributed by atoms with Crippen LogP contribution in [0.25, 0.3) is 5.78 Å². The van der Waals surface area contributed by atoms with Crippen molar-refractivity contribution in [3.05, 3.63) is 17.6 Å². The van der Waals surface area contributed by atoms with Gasteiger partial charge in [-0.2, -0.15) is 22.7 Å². The molecule has 0 radical (unpaired) electrons. The van der Waals surface area contributed by atoms with Crippen LogP contribution in [-0.4, -0.2) is 45.9 Å². The van der Waals surface area contributed by atoms with Gasteiger partial charge in [0, 0.05) is 32.0 Å². The summed E-state index contributed by atoms with van der Waals surface area (Å²) in [6.45, 7) is 3.03.